The molecule has 1 heterocycles. The predicted molar refractivity (Wildman–Crippen MR) is 88.2 cm³/mol. The highest BCUT2D eigenvalue weighted by atomic mass is 14.6. The summed E-state index contributed by atoms with van der Waals surface area (Å²) in [5, 5.41) is 2.37. The molecule has 0 saturated heterocycles. The zero-order valence-electron chi connectivity index (χ0n) is 12.3. The molecule has 21 heavy (non-hydrogen) atoms. The summed E-state index contributed by atoms with van der Waals surface area (Å²) in [5.74, 6) is 0. The molecule has 0 fully saturated rings. The van der Waals surface area contributed by atoms with Gasteiger partial charge < -0.3 is 5.73 Å². The predicted octanol–water partition coefficient (Wildman–Crippen LogP) is 4.18. The van der Waals surface area contributed by atoms with E-state index in [4.69, 9.17) is 5.73 Å². The van der Waals surface area contributed by atoms with Crippen LogP contribution < -0.4 is 5.73 Å². The monoisotopic (exact) mass is 276 g/mol. The summed E-state index contributed by atoms with van der Waals surface area (Å²) in [6, 6.07) is 17.1. The first kappa shape index (κ1) is 13.8. The van der Waals surface area contributed by atoms with Gasteiger partial charge in [-0.3, -0.25) is 4.98 Å². The van der Waals surface area contributed by atoms with Gasteiger partial charge in [0, 0.05) is 23.8 Å². The molecule has 1 atom stereocenters. The molecule has 2 N–H and O–H groups in total. The largest absolute Gasteiger partial charge is 0.324 e. The van der Waals surface area contributed by atoms with Gasteiger partial charge in [-0.2, -0.15) is 0 Å². The Hall–Kier alpha value is -2.19. The van der Waals surface area contributed by atoms with Gasteiger partial charge in [0.2, 0.25) is 0 Å². The van der Waals surface area contributed by atoms with Gasteiger partial charge >= 0.3 is 0 Å². The van der Waals surface area contributed by atoms with Crippen LogP contribution in [0.15, 0.2) is 60.9 Å². The molecule has 3 rings (SSSR count). The van der Waals surface area contributed by atoms with E-state index in [-0.39, 0.29) is 6.04 Å². The van der Waals surface area contributed by atoms with E-state index >= 15 is 0 Å². The zero-order valence-corrected chi connectivity index (χ0v) is 12.3. The standard InChI is InChI=1S/C19H20N2/c1-14-5-7-15(8-6-14)9-10-19(20)17-4-2-3-16-11-12-21-13-18(16)17/h2-8,11-13,19H,9-10,20H2,1H3. The molecular weight excluding hydrogens is 256 g/mol. The smallest absolute Gasteiger partial charge is 0.0349 e. The Labute approximate surface area is 125 Å². The Morgan fingerprint density at radius 2 is 1.86 bits per heavy atom. The van der Waals surface area contributed by atoms with E-state index in [1.54, 1.807) is 0 Å². The fraction of sp³-hybridized carbons (Fsp3) is 0.211. The first-order valence-corrected chi connectivity index (χ1v) is 7.38. The van der Waals surface area contributed by atoms with Crippen LogP contribution in [0.2, 0.25) is 0 Å². The van der Waals surface area contributed by atoms with Gasteiger partial charge in [-0.05, 0) is 42.3 Å². The van der Waals surface area contributed by atoms with E-state index in [0.717, 1.165) is 18.2 Å². The maximum absolute atomic E-state index is 6.41. The molecule has 1 unspecified atom stereocenters. The van der Waals surface area contributed by atoms with Crippen molar-refractivity contribution in [3.63, 3.8) is 0 Å². The first-order chi connectivity index (χ1) is 10.2. The third-order valence-corrected chi connectivity index (χ3v) is 3.98. The second-order valence-electron chi connectivity index (χ2n) is 5.57. The number of pyridine rings is 1. The average molecular weight is 276 g/mol. The SMILES string of the molecule is Cc1ccc(CCC(N)c2cccc3ccncc23)cc1. The summed E-state index contributed by atoms with van der Waals surface area (Å²) in [5.41, 5.74) is 10.2. The van der Waals surface area contributed by atoms with Gasteiger partial charge in [-0.25, -0.2) is 0 Å². The Kier molecular flexibility index (Phi) is 3.98. The molecule has 0 bridgehead atoms. The van der Waals surface area contributed by atoms with E-state index in [2.05, 4.69) is 54.4 Å². The number of hydrogen-bond acceptors (Lipinski definition) is 2. The van der Waals surface area contributed by atoms with E-state index in [9.17, 15) is 0 Å². The van der Waals surface area contributed by atoms with Gasteiger partial charge in [0.1, 0.15) is 0 Å². The number of nitrogens with zero attached hydrogens (tertiary/aromatic N) is 1. The average Bonchev–Trinajstić information content (AvgIpc) is 2.53. The highest BCUT2D eigenvalue weighted by molar-refractivity contribution is 5.85. The van der Waals surface area contributed by atoms with E-state index in [1.807, 2.05) is 18.5 Å². The lowest BCUT2D eigenvalue weighted by atomic mass is 9.96. The van der Waals surface area contributed by atoms with Crippen molar-refractivity contribution in [2.45, 2.75) is 25.8 Å². The number of aromatic nitrogens is 1. The first-order valence-electron chi connectivity index (χ1n) is 7.38. The van der Waals surface area contributed by atoms with Gasteiger partial charge in [0.15, 0.2) is 0 Å². The van der Waals surface area contributed by atoms with Crippen LogP contribution >= 0.6 is 0 Å². The van der Waals surface area contributed by atoms with Crippen LogP contribution in [0.3, 0.4) is 0 Å². The molecule has 106 valence electrons. The summed E-state index contributed by atoms with van der Waals surface area (Å²) >= 11 is 0. The fourth-order valence-corrected chi connectivity index (χ4v) is 2.69. The van der Waals surface area contributed by atoms with Crippen molar-refractivity contribution in [1.82, 2.24) is 4.98 Å². The van der Waals surface area contributed by atoms with Gasteiger partial charge in [0.05, 0.1) is 0 Å². The van der Waals surface area contributed by atoms with Crippen molar-refractivity contribution >= 4 is 10.8 Å². The molecule has 0 aliphatic carbocycles. The molecule has 0 saturated carbocycles. The molecule has 3 aromatic rings. The Bertz CT molecular complexity index is 727. The second kappa shape index (κ2) is 6.06. The van der Waals surface area contributed by atoms with Crippen LogP contribution in [0.25, 0.3) is 10.8 Å². The topological polar surface area (TPSA) is 38.9 Å². The van der Waals surface area contributed by atoms with Crippen LogP contribution in [-0.4, -0.2) is 4.98 Å². The van der Waals surface area contributed by atoms with Crippen molar-refractivity contribution in [2.75, 3.05) is 0 Å². The number of hydrogen-bond donors (Lipinski definition) is 1. The van der Waals surface area contributed by atoms with Crippen LogP contribution in [-0.2, 0) is 6.42 Å². The number of fused-ring (bicyclic) bond motifs is 1. The molecule has 2 heteroatoms. The van der Waals surface area contributed by atoms with Crippen molar-refractivity contribution in [2.24, 2.45) is 5.73 Å². The minimum atomic E-state index is 0.0409. The lowest BCUT2D eigenvalue weighted by Gasteiger charge is -2.14. The summed E-state index contributed by atoms with van der Waals surface area (Å²) in [6.45, 7) is 2.11. The van der Waals surface area contributed by atoms with E-state index in [1.165, 1.54) is 22.1 Å². The zero-order chi connectivity index (χ0) is 14.7. The normalized spacial score (nSPS) is 12.5. The molecular formula is C19H20N2. The van der Waals surface area contributed by atoms with Crippen molar-refractivity contribution in [3.05, 3.63) is 77.6 Å². The Balaban J connectivity index is 1.78. The van der Waals surface area contributed by atoms with Crippen LogP contribution in [0.1, 0.15) is 29.2 Å². The minimum Gasteiger partial charge on any atom is -0.324 e. The Morgan fingerprint density at radius 1 is 1.05 bits per heavy atom. The third kappa shape index (κ3) is 3.11. The third-order valence-electron chi connectivity index (χ3n) is 3.98. The molecule has 1 aromatic heterocycles. The quantitative estimate of drug-likeness (QED) is 0.776. The number of aryl methyl sites for hydroxylation is 2. The molecule has 0 amide bonds. The van der Waals surface area contributed by atoms with E-state index in [0.29, 0.717) is 0 Å². The van der Waals surface area contributed by atoms with Crippen LogP contribution in [0.5, 0.6) is 0 Å². The number of rotatable bonds is 4. The number of benzene rings is 2. The summed E-state index contributed by atoms with van der Waals surface area (Å²) in [6.07, 6.45) is 5.68. The van der Waals surface area contributed by atoms with Crippen LogP contribution in [0, 0.1) is 6.92 Å². The summed E-state index contributed by atoms with van der Waals surface area (Å²) in [4.78, 5) is 4.23. The summed E-state index contributed by atoms with van der Waals surface area (Å²) in [7, 11) is 0. The van der Waals surface area contributed by atoms with Gasteiger partial charge in [-0.15, -0.1) is 0 Å². The van der Waals surface area contributed by atoms with Crippen molar-refractivity contribution < 1.29 is 0 Å². The minimum absolute atomic E-state index is 0.0409. The Morgan fingerprint density at radius 3 is 2.67 bits per heavy atom. The highest BCUT2D eigenvalue weighted by Gasteiger charge is 2.10. The van der Waals surface area contributed by atoms with Gasteiger partial charge in [0.25, 0.3) is 0 Å². The van der Waals surface area contributed by atoms with Crippen molar-refractivity contribution in [3.8, 4) is 0 Å². The van der Waals surface area contributed by atoms with Gasteiger partial charge in [-0.1, -0.05) is 48.0 Å². The molecule has 0 aliphatic rings. The van der Waals surface area contributed by atoms with Crippen molar-refractivity contribution in [1.29, 1.82) is 0 Å². The second-order valence-corrected chi connectivity index (χ2v) is 5.57. The van der Waals surface area contributed by atoms with E-state index < -0.39 is 0 Å². The molecule has 0 radical (unpaired) electrons. The molecule has 0 spiro atoms. The fourth-order valence-electron chi connectivity index (χ4n) is 2.69. The summed E-state index contributed by atoms with van der Waals surface area (Å²) < 4.78 is 0. The lowest BCUT2D eigenvalue weighted by Crippen LogP contribution is -2.12. The van der Waals surface area contributed by atoms with Crippen LogP contribution in [0.4, 0.5) is 0 Å². The maximum atomic E-state index is 6.41. The maximum Gasteiger partial charge on any atom is 0.0349 e. The number of nitrogens with two attached hydrogens (primary N) is 1. The molecule has 2 nitrogen and oxygen atoms in total. The molecule has 0 aliphatic heterocycles. The highest BCUT2D eigenvalue weighted by Crippen LogP contribution is 2.25. The molecule has 2 aromatic carbocycles. The lowest BCUT2D eigenvalue weighted by molar-refractivity contribution is 0.655.